The fourth-order valence-corrected chi connectivity index (χ4v) is 6.07. The van der Waals surface area contributed by atoms with Gasteiger partial charge in [-0.2, -0.15) is 0 Å². The van der Waals surface area contributed by atoms with Crippen LogP contribution in [0.3, 0.4) is 0 Å². The second-order valence-electron chi connectivity index (χ2n) is 8.59. The summed E-state index contributed by atoms with van der Waals surface area (Å²) in [6, 6.07) is 13.5. The number of carbonyl (C=O) groups is 1. The van der Waals surface area contributed by atoms with Crippen LogP contribution in [0.4, 0.5) is 4.79 Å². The van der Waals surface area contributed by atoms with E-state index in [1.54, 1.807) is 0 Å². The van der Waals surface area contributed by atoms with Gasteiger partial charge in [0, 0.05) is 60.1 Å². The second-order valence-corrected chi connectivity index (χ2v) is 10.1. The average molecular weight is 458 g/mol. The van der Waals surface area contributed by atoms with Gasteiger partial charge >= 0.3 is 6.09 Å². The van der Waals surface area contributed by atoms with E-state index in [4.69, 9.17) is 16.3 Å². The van der Waals surface area contributed by atoms with Crippen molar-refractivity contribution in [1.29, 1.82) is 0 Å². The molecule has 7 heteroatoms. The zero-order chi connectivity index (χ0) is 21.4. The molecule has 0 radical (unpaired) electrons. The Labute approximate surface area is 193 Å². The molecule has 0 bridgehead atoms. The highest BCUT2D eigenvalue weighted by Crippen LogP contribution is 2.44. The first-order valence-electron chi connectivity index (χ1n) is 11.0. The number of piperazine rings is 1. The lowest BCUT2D eigenvalue weighted by atomic mass is 9.96. The molecule has 5 rings (SSSR count). The number of nitrogens with zero attached hydrogens (tertiary/aromatic N) is 3. The van der Waals surface area contributed by atoms with Crippen LogP contribution < -0.4 is 0 Å². The quantitative estimate of drug-likeness (QED) is 0.677. The molecule has 0 saturated carbocycles. The first-order chi connectivity index (χ1) is 15.1. The molecule has 5 nitrogen and oxygen atoms in total. The van der Waals surface area contributed by atoms with Crippen molar-refractivity contribution in [3.8, 4) is 0 Å². The van der Waals surface area contributed by atoms with Crippen molar-refractivity contribution in [3.05, 3.63) is 58.1 Å². The summed E-state index contributed by atoms with van der Waals surface area (Å²) in [4.78, 5) is 21.2. The van der Waals surface area contributed by atoms with Crippen LogP contribution in [0.1, 0.15) is 22.7 Å². The Bertz CT molecular complexity index is 977. The monoisotopic (exact) mass is 457 g/mol. The first-order valence-corrected chi connectivity index (χ1v) is 12.2. The number of amides is 1. The van der Waals surface area contributed by atoms with Crippen molar-refractivity contribution < 1.29 is 9.53 Å². The van der Waals surface area contributed by atoms with Crippen LogP contribution >= 0.6 is 23.4 Å². The number of rotatable bonds is 4. The molecule has 3 aliphatic rings. The van der Waals surface area contributed by atoms with Gasteiger partial charge in [0.15, 0.2) is 0 Å². The third-order valence-corrected chi connectivity index (χ3v) is 8.00. The van der Waals surface area contributed by atoms with Gasteiger partial charge < -0.3 is 9.64 Å². The number of ether oxygens (including phenoxy) is 1. The van der Waals surface area contributed by atoms with Gasteiger partial charge in [-0.05, 0) is 48.7 Å². The number of hydrogen-bond donors (Lipinski definition) is 0. The highest BCUT2D eigenvalue weighted by atomic mass is 35.5. The Morgan fingerprint density at radius 2 is 1.84 bits per heavy atom. The Hall–Kier alpha value is -1.73. The van der Waals surface area contributed by atoms with Crippen LogP contribution in [-0.2, 0) is 11.2 Å². The molecule has 0 aromatic heterocycles. The zero-order valence-corrected chi connectivity index (χ0v) is 19.4. The van der Waals surface area contributed by atoms with E-state index in [0.29, 0.717) is 12.6 Å². The summed E-state index contributed by atoms with van der Waals surface area (Å²) in [5.74, 6) is 0. The Balaban J connectivity index is 1.31. The largest absolute Gasteiger partial charge is 0.448 e. The molecule has 3 heterocycles. The maximum absolute atomic E-state index is 11.7. The van der Waals surface area contributed by atoms with Crippen molar-refractivity contribution in [1.82, 2.24) is 14.7 Å². The Morgan fingerprint density at radius 3 is 2.61 bits per heavy atom. The third-order valence-electron chi connectivity index (χ3n) is 6.56. The minimum atomic E-state index is -0.169. The molecule has 2 aromatic carbocycles. The van der Waals surface area contributed by atoms with Gasteiger partial charge in [0.25, 0.3) is 0 Å². The van der Waals surface area contributed by atoms with Crippen molar-refractivity contribution >= 4 is 29.5 Å². The van der Waals surface area contributed by atoms with Crippen molar-refractivity contribution in [2.75, 3.05) is 52.4 Å². The molecule has 31 heavy (non-hydrogen) atoms. The topological polar surface area (TPSA) is 36.0 Å². The van der Waals surface area contributed by atoms with Gasteiger partial charge in [-0.3, -0.25) is 9.80 Å². The van der Waals surface area contributed by atoms with E-state index < -0.39 is 0 Å². The van der Waals surface area contributed by atoms with E-state index in [-0.39, 0.29) is 6.09 Å². The van der Waals surface area contributed by atoms with E-state index in [9.17, 15) is 4.79 Å². The van der Waals surface area contributed by atoms with Gasteiger partial charge in [0.1, 0.15) is 6.61 Å². The van der Waals surface area contributed by atoms with E-state index in [0.717, 1.165) is 57.3 Å². The molecule has 1 unspecified atom stereocenters. The first kappa shape index (κ1) is 21.1. The summed E-state index contributed by atoms with van der Waals surface area (Å²) in [5.41, 5.74) is 4.09. The molecule has 0 spiro atoms. The highest BCUT2D eigenvalue weighted by Gasteiger charge is 2.31. The van der Waals surface area contributed by atoms with Crippen molar-refractivity contribution in [2.45, 2.75) is 29.2 Å². The fourth-order valence-electron chi connectivity index (χ4n) is 4.79. The van der Waals surface area contributed by atoms with E-state index in [1.807, 2.05) is 22.7 Å². The van der Waals surface area contributed by atoms with Gasteiger partial charge in [-0.1, -0.05) is 41.1 Å². The van der Waals surface area contributed by atoms with Crippen LogP contribution in [0.25, 0.3) is 0 Å². The minimum Gasteiger partial charge on any atom is -0.448 e. The lowest BCUT2D eigenvalue weighted by Gasteiger charge is -2.40. The van der Waals surface area contributed by atoms with E-state index >= 15 is 0 Å². The number of halogens is 1. The van der Waals surface area contributed by atoms with Gasteiger partial charge in [0.05, 0.1) is 6.54 Å². The average Bonchev–Trinajstić information content (AvgIpc) is 3.11. The second kappa shape index (κ2) is 9.02. The molecular weight excluding hydrogens is 430 g/mol. The van der Waals surface area contributed by atoms with Crippen LogP contribution in [-0.4, -0.2) is 73.2 Å². The molecule has 1 amide bonds. The van der Waals surface area contributed by atoms with Gasteiger partial charge in [0.2, 0.25) is 0 Å². The summed E-state index contributed by atoms with van der Waals surface area (Å²) in [6.07, 6.45) is 0.841. The molecule has 2 aromatic rings. The smallest absolute Gasteiger partial charge is 0.409 e. The summed E-state index contributed by atoms with van der Waals surface area (Å²) < 4.78 is 5.04. The van der Waals surface area contributed by atoms with Crippen molar-refractivity contribution in [2.24, 2.45) is 0 Å². The molecule has 3 aliphatic heterocycles. The standard InChI is InChI=1S/C24H28ClN3O2S/c1-17-2-4-22-18(14-17)15-21(20-16-19(25)3-5-23(20)31-22)27-9-6-26(7-10-27)8-11-28-12-13-30-24(28)29/h2-5,14,16,21H,6-13,15H2,1H3. The maximum atomic E-state index is 11.7. The molecule has 0 N–H and O–H groups in total. The van der Waals surface area contributed by atoms with E-state index in [2.05, 4.69) is 47.1 Å². The van der Waals surface area contributed by atoms with Crippen LogP contribution in [0, 0.1) is 6.92 Å². The number of aryl methyl sites for hydroxylation is 1. The molecule has 1 atom stereocenters. The Kier molecular flexibility index (Phi) is 6.15. The molecule has 0 aliphatic carbocycles. The lowest BCUT2D eigenvalue weighted by molar-refractivity contribution is 0.0889. The minimum absolute atomic E-state index is 0.169. The maximum Gasteiger partial charge on any atom is 0.409 e. The molecule has 164 valence electrons. The highest BCUT2D eigenvalue weighted by molar-refractivity contribution is 7.99. The van der Waals surface area contributed by atoms with Crippen LogP contribution in [0.15, 0.2) is 46.2 Å². The Morgan fingerprint density at radius 1 is 1.03 bits per heavy atom. The number of benzene rings is 2. The summed E-state index contributed by atoms with van der Waals surface area (Å²) >= 11 is 8.30. The number of fused-ring (bicyclic) bond motifs is 2. The van der Waals surface area contributed by atoms with Crippen molar-refractivity contribution in [3.63, 3.8) is 0 Å². The third kappa shape index (κ3) is 4.58. The van der Waals surface area contributed by atoms with Gasteiger partial charge in [-0.25, -0.2) is 4.79 Å². The van der Waals surface area contributed by atoms with E-state index in [1.165, 1.54) is 26.5 Å². The van der Waals surface area contributed by atoms with Crippen LogP contribution in [0.5, 0.6) is 0 Å². The molecule has 2 fully saturated rings. The zero-order valence-electron chi connectivity index (χ0n) is 17.8. The lowest BCUT2D eigenvalue weighted by Crippen LogP contribution is -2.49. The molecule has 2 saturated heterocycles. The number of carbonyl (C=O) groups excluding carboxylic acids is 1. The molecular formula is C24H28ClN3O2S. The predicted octanol–water partition coefficient (Wildman–Crippen LogP) is 4.47. The summed E-state index contributed by atoms with van der Waals surface area (Å²) in [5, 5.41) is 0.808. The summed E-state index contributed by atoms with van der Waals surface area (Å²) in [6.45, 7) is 9.15. The number of cyclic esters (lactones) is 1. The normalized spacial score (nSPS) is 22.1. The van der Waals surface area contributed by atoms with Crippen LogP contribution in [0.2, 0.25) is 5.02 Å². The summed E-state index contributed by atoms with van der Waals surface area (Å²) in [7, 11) is 0. The fraction of sp³-hybridized carbons (Fsp3) is 0.458. The van der Waals surface area contributed by atoms with Gasteiger partial charge in [-0.15, -0.1) is 0 Å². The predicted molar refractivity (Wildman–Crippen MR) is 124 cm³/mol. The SMILES string of the molecule is Cc1ccc2c(c1)CC(N1CCN(CCN3CCOC3=O)CC1)c1cc(Cl)ccc1S2. The number of hydrogen-bond acceptors (Lipinski definition) is 5.